The highest BCUT2D eigenvalue weighted by molar-refractivity contribution is 7.97. The van der Waals surface area contributed by atoms with E-state index in [2.05, 4.69) is 11.9 Å². The summed E-state index contributed by atoms with van der Waals surface area (Å²) >= 11 is 1.25. The van der Waals surface area contributed by atoms with Crippen LogP contribution in [-0.4, -0.2) is 18.2 Å². The van der Waals surface area contributed by atoms with Gasteiger partial charge in [0.05, 0.1) is 0 Å². The number of hydrogen-bond acceptors (Lipinski definition) is 4. The molecule has 2 aliphatic rings. The third kappa shape index (κ3) is 3.03. The standard InChI is InChI=1S/C16H22N2OS/c1-11(15-7-2-3-8-16(15)20-17)19-14-9-12-5-4-6-13(10-14)18-12/h2-3,7-8,12-14,18H,1,4-6,9-10,17H2/t12-,13+,14-. The van der Waals surface area contributed by atoms with E-state index in [0.717, 1.165) is 29.1 Å². The van der Waals surface area contributed by atoms with E-state index in [9.17, 15) is 0 Å². The second-order valence-electron chi connectivity index (χ2n) is 5.74. The SMILES string of the molecule is C=C(O[C@@H]1C[C@H]2CCC[C@@H](C1)N2)c1ccccc1SN. The second kappa shape index (κ2) is 6.20. The molecule has 3 nitrogen and oxygen atoms in total. The van der Waals surface area contributed by atoms with Crippen molar-refractivity contribution < 1.29 is 4.74 Å². The number of benzene rings is 1. The molecule has 20 heavy (non-hydrogen) atoms. The van der Waals surface area contributed by atoms with Gasteiger partial charge in [-0.2, -0.15) is 0 Å². The molecule has 0 amide bonds. The zero-order valence-corrected chi connectivity index (χ0v) is 12.5. The molecule has 2 fully saturated rings. The Morgan fingerprint density at radius 3 is 2.65 bits per heavy atom. The normalized spacial score (nSPS) is 28.9. The lowest BCUT2D eigenvalue weighted by atomic mass is 9.85. The van der Waals surface area contributed by atoms with Crippen LogP contribution in [0.4, 0.5) is 0 Å². The van der Waals surface area contributed by atoms with Crippen LogP contribution in [0.3, 0.4) is 0 Å². The summed E-state index contributed by atoms with van der Waals surface area (Å²) in [5, 5.41) is 9.39. The van der Waals surface area contributed by atoms with Gasteiger partial charge in [0.15, 0.2) is 0 Å². The van der Waals surface area contributed by atoms with Gasteiger partial charge in [-0.05, 0) is 43.7 Å². The van der Waals surface area contributed by atoms with Crippen molar-refractivity contribution in [2.24, 2.45) is 5.14 Å². The molecule has 0 aromatic heterocycles. The number of nitrogens with two attached hydrogens (primary N) is 1. The van der Waals surface area contributed by atoms with Gasteiger partial charge in [-0.25, -0.2) is 0 Å². The molecular formula is C16H22N2OS. The first-order valence-electron chi connectivity index (χ1n) is 7.34. The number of ether oxygens (including phenoxy) is 1. The number of fused-ring (bicyclic) bond motifs is 2. The number of nitrogens with one attached hydrogen (secondary N) is 1. The molecule has 3 N–H and O–H groups in total. The first kappa shape index (κ1) is 14.0. The summed E-state index contributed by atoms with van der Waals surface area (Å²) in [5.74, 6) is 0.753. The van der Waals surface area contributed by atoms with Crippen molar-refractivity contribution in [3.8, 4) is 0 Å². The molecule has 2 aliphatic heterocycles. The lowest BCUT2D eigenvalue weighted by molar-refractivity contribution is 0.0721. The largest absolute Gasteiger partial charge is 0.490 e. The molecule has 1 aromatic carbocycles. The molecule has 0 saturated carbocycles. The van der Waals surface area contributed by atoms with Crippen LogP contribution in [0.5, 0.6) is 0 Å². The summed E-state index contributed by atoms with van der Waals surface area (Å²) in [6.45, 7) is 4.11. The third-order valence-corrected chi connectivity index (χ3v) is 4.90. The number of rotatable bonds is 4. The molecule has 0 unspecified atom stereocenters. The zero-order chi connectivity index (χ0) is 13.9. The van der Waals surface area contributed by atoms with Gasteiger partial charge in [-0.15, -0.1) is 0 Å². The molecule has 2 heterocycles. The first-order chi connectivity index (χ1) is 9.76. The van der Waals surface area contributed by atoms with Crippen molar-refractivity contribution in [3.63, 3.8) is 0 Å². The van der Waals surface area contributed by atoms with Gasteiger partial charge in [-0.3, -0.25) is 5.14 Å². The van der Waals surface area contributed by atoms with E-state index in [1.54, 1.807) is 0 Å². The maximum Gasteiger partial charge on any atom is 0.120 e. The fourth-order valence-corrected chi connectivity index (χ4v) is 3.84. The summed E-state index contributed by atoms with van der Waals surface area (Å²) in [6, 6.07) is 9.27. The summed E-state index contributed by atoms with van der Waals surface area (Å²) in [5.41, 5.74) is 1.02. The van der Waals surface area contributed by atoms with E-state index >= 15 is 0 Å². The van der Waals surface area contributed by atoms with Crippen molar-refractivity contribution in [2.45, 2.75) is 55.2 Å². The van der Waals surface area contributed by atoms with Gasteiger partial charge in [0.1, 0.15) is 11.9 Å². The van der Waals surface area contributed by atoms with Crippen LogP contribution < -0.4 is 10.5 Å². The summed E-state index contributed by atoms with van der Waals surface area (Å²) < 4.78 is 6.15. The molecular weight excluding hydrogens is 268 g/mol. The molecule has 4 heteroatoms. The Kier molecular flexibility index (Phi) is 4.34. The summed E-state index contributed by atoms with van der Waals surface area (Å²) in [6.07, 6.45) is 6.37. The lowest BCUT2D eigenvalue weighted by Crippen LogP contribution is -2.50. The van der Waals surface area contributed by atoms with Gasteiger partial charge in [-0.1, -0.05) is 31.2 Å². The molecule has 1 aromatic rings. The van der Waals surface area contributed by atoms with Crippen LogP contribution in [0, 0.1) is 0 Å². The molecule has 0 spiro atoms. The van der Waals surface area contributed by atoms with Gasteiger partial charge in [0, 0.05) is 22.5 Å². The van der Waals surface area contributed by atoms with Crippen LogP contribution in [0.1, 0.15) is 37.7 Å². The van der Waals surface area contributed by atoms with Gasteiger partial charge >= 0.3 is 0 Å². The van der Waals surface area contributed by atoms with Crippen molar-refractivity contribution in [1.82, 2.24) is 5.32 Å². The predicted molar refractivity (Wildman–Crippen MR) is 84.2 cm³/mol. The number of hydrogen-bond donors (Lipinski definition) is 2. The quantitative estimate of drug-likeness (QED) is 0.660. The molecule has 2 saturated heterocycles. The van der Waals surface area contributed by atoms with Gasteiger partial charge < -0.3 is 10.1 Å². The Balaban J connectivity index is 1.67. The summed E-state index contributed by atoms with van der Waals surface area (Å²) in [7, 11) is 0. The monoisotopic (exact) mass is 290 g/mol. The summed E-state index contributed by atoms with van der Waals surface area (Å²) in [4.78, 5) is 1.02. The van der Waals surface area contributed by atoms with Crippen molar-refractivity contribution in [2.75, 3.05) is 0 Å². The van der Waals surface area contributed by atoms with Gasteiger partial charge in [0.2, 0.25) is 0 Å². The van der Waals surface area contributed by atoms with E-state index in [0.29, 0.717) is 12.1 Å². The maximum absolute atomic E-state index is 6.15. The van der Waals surface area contributed by atoms with Crippen LogP contribution in [0.25, 0.3) is 5.76 Å². The highest BCUT2D eigenvalue weighted by Crippen LogP contribution is 2.32. The highest BCUT2D eigenvalue weighted by Gasteiger charge is 2.32. The van der Waals surface area contributed by atoms with Crippen molar-refractivity contribution in [3.05, 3.63) is 36.4 Å². The van der Waals surface area contributed by atoms with Crippen molar-refractivity contribution in [1.29, 1.82) is 0 Å². The maximum atomic E-state index is 6.15. The lowest BCUT2D eigenvalue weighted by Gasteiger charge is -2.40. The molecule has 108 valence electrons. The van der Waals surface area contributed by atoms with Crippen LogP contribution in [0.2, 0.25) is 0 Å². The van der Waals surface area contributed by atoms with E-state index in [-0.39, 0.29) is 6.10 Å². The average molecular weight is 290 g/mol. The highest BCUT2D eigenvalue weighted by atomic mass is 32.2. The van der Waals surface area contributed by atoms with Crippen molar-refractivity contribution >= 4 is 17.7 Å². The van der Waals surface area contributed by atoms with E-state index in [1.807, 2.05) is 24.3 Å². The fourth-order valence-electron chi connectivity index (χ4n) is 3.37. The first-order valence-corrected chi connectivity index (χ1v) is 8.22. The Hall–Kier alpha value is -0.970. The second-order valence-corrected chi connectivity index (χ2v) is 6.42. The van der Waals surface area contributed by atoms with Gasteiger partial charge in [0.25, 0.3) is 0 Å². The van der Waals surface area contributed by atoms with Crippen LogP contribution >= 0.6 is 11.9 Å². The average Bonchev–Trinajstić information content (AvgIpc) is 2.46. The third-order valence-electron chi connectivity index (χ3n) is 4.29. The molecule has 3 atom stereocenters. The molecule has 0 aliphatic carbocycles. The Bertz CT molecular complexity index is 479. The van der Waals surface area contributed by atoms with Crippen LogP contribution in [0.15, 0.2) is 35.7 Å². The molecule has 0 radical (unpaired) electrons. The minimum Gasteiger partial charge on any atom is -0.490 e. The number of piperidine rings is 2. The van der Waals surface area contributed by atoms with E-state index in [4.69, 9.17) is 9.88 Å². The Morgan fingerprint density at radius 2 is 1.95 bits per heavy atom. The minimum atomic E-state index is 0.287. The molecule has 3 rings (SSSR count). The Labute approximate surface area is 125 Å². The van der Waals surface area contributed by atoms with Crippen LogP contribution in [-0.2, 0) is 4.74 Å². The predicted octanol–water partition coefficient (Wildman–Crippen LogP) is 3.31. The molecule has 2 bridgehead atoms. The fraction of sp³-hybridized carbons (Fsp3) is 0.500. The topological polar surface area (TPSA) is 47.3 Å². The smallest absolute Gasteiger partial charge is 0.120 e. The Morgan fingerprint density at radius 1 is 1.25 bits per heavy atom. The van der Waals surface area contributed by atoms with E-state index in [1.165, 1.54) is 31.2 Å². The zero-order valence-electron chi connectivity index (χ0n) is 11.7. The minimum absolute atomic E-state index is 0.287. The van der Waals surface area contributed by atoms with E-state index < -0.39 is 0 Å².